The second-order valence-corrected chi connectivity index (χ2v) is 9.60. The monoisotopic (exact) mass is 482 g/mol. The second-order valence-electron chi connectivity index (χ2n) is 7.56. The number of guanidine groups is 1. The molecule has 1 atom stereocenters. The molecule has 4 rings (SSSR count). The lowest BCUT2D eigenvalue weighted by Crippen LogP contribution is -2.33. The zero-order valence-electron chi connectivity index (χ0n) is 17.5. The van der Waals surface area contributed by atoms with Crippen molar-refractivity contribution in [2.75, 3.05) is 6.54 Å². The third-order valence-corrected chi connectivity index (χ3v) is 6.84. The van der Waals surface area contributed by atoms with E-state index in [-0.39, 0.29) is 16.8 Å². The van der Waals surface area contributed by atoms with E-state index in [0.717, 1.165) is 16.8 Å². The molecule has 33 heavy (non-hydrogen) atoms. The van der Waals surface area contributed by atoms with Gasteiger partial charge in [0, 0.05) is 10.9 Å². The average Bonchev–Trinajstić information content (AvgIpc) is 3.26. The zero-order chi connectivity index (χ0) is 23.6. The molecule has 0 amide bonds. The van der Waals surface area contributed by atoms with Crippen LogP contribution in [0.4, 0.5) is 0 Å². The zero-order valence-corrected chi connectivity index (χ0v) is 19.1. The van der Waals surface area contributed by atoms with E-state index in [0.29, 0.717) is 17.1 Å². The molecule has 0 spiro atoms. The van der Waals surface area contributed by atoms with Gasteiger partial charge in [-0.05, 0) is 41.0 Å². The third kappa shape index (κ3) is 5.07. The van der Waals surface area contributed by atoms with E-state index < -0.39 is 16.2 Å². The maximum absolute atomic E-state index is 12.8. The van der Waals surface area contributed by atoms with Gasteiger partial charge in [-0.15, -0.1) is 4.40 Å². The van der Waals surface area contributed by atoms with Crippen LogP contribution in [0.3, 0.4) is 0 Å². The predicted molar refractivity (Wildman–Crippen MR) is 130 cm³/mol. The summed E-state index contributed by atoms with van der Waals surface area (Å²) < 4.78 is 29.4. The number of hydrazone groups is 1. The fourth-order valence-electron chi connectivity index (χ4n) is 3.56. The van der Waals surface area contributed by atoms with E-state index in [9.17, 15) is 8.42 Å². The molecule has 1 unspecified atom stereocenters. The number of hydrogen-bond donors (Lipinski definition) is 3. The van der Waals surface area contributed by atoms with Gasteiger partial charge in [0.2, 0.25) is 5.96 Å². The van der Waals surface area contributed by atoms with E-state index in [1.165, 1.54) is 17.1 Å². The van der Waals surface area contributed by atoms with Crippen LogP contribution in [-0.4, -0.2) is 31.6 Å². The molecule has 0 fully saturated rings. The molecule has 3 aromatic rings. The lowest BCUT2D eigenvalue weighted by Gasteiger charge is -2.15. The van der Waals surface area contributed by atoms with Crippen molar-refractivity contribution in [3.8, 4) is 0 Å². The molecule has 0 bridgehead atoms. The highest BCUT2D eigenvalue weighted by Crippen LogP contribution is 2.29. The van der Waals surface area contributed by atoms with Crippen LogP contribution in [0.25, 0.3) is 0 Å². The molecule has 170 valence electrons. The Bertz CT molecular complexity index is 1290. The van der Waals surface area contributed by atoms with Crippen LogP contribution >= 0.6 is 11.6 Å². The summed E-state index contributed by atoms with van der Waals surface area (Å²) in [7, 11) is -4.06. The van der Waals surface area contributed by atoms with E-state index in [1.807, 2.05) is 42.5 Å². The lowest BCUT2D eigenvalue weighted by atomic mass is 9.91. The summed E-state index contributed by atoms with van der Waals surface area (Å²) in [6.45, 7) is 0.341. The summed E-state index contributed by atoms with van der Waals surface area (Å²) in [5.74, 6) is -0.353. The van der Waals surface area contributed by atoms with Gasteiger partial charge < -0.3 is 17.2 Å². The minimum Gasteiger partial charge on any atom is -0.367 e. The number of nitrogens with two attached hydrogens (primary N) is 3. The molecule has 10 heteroatoms. The Hall–Kier alpha value is -3.24. The third-order valence-electron chi connectivity index (χ3n) is 5.30. The van der Waals surface area contributed by atoms with E-state index in [2.05, 4.69) is 9.50 Å². The minimum absolute atomic E-state index is 0.0180. The number of sulfonamides is 1. The highest BCUT2D eigenvalue weighted by atomic mass is 35.5. The normalized spacial score (nSPS) is 16.8. The molecule has 0 aromatic heterocycles. The van der Waals surface area contributed by atoms with Gasteiger partial charge in [-0.3, -0.25) is 0 Å². The Morgan fingerprint density at radius 3 is 2.24 bits per heavy atom. The fraction of sp³-hybridized carbons (Fsp3) is 0.130. The molecule has 1 aliphatic heterocycles. The molecule has 3 aromatic carbocycles. The van der Waals surface area contributed by atoms with E-state index in [1.54, 1.807) is 24.3 Å². The number of rotatable bonds is 5. The largest absolute Gasteiger partial charge is 0.367 e. The average molecular weight is 483 g/mol. The first-order valence-corrected chi connectivity index (χ1v) is 11.9. The highest BCUT2D eigenvalue weighted by molar-refractivity contribution is 7.90. The van der Waals surface area contributed by atoms with Crippen molar-refractivity contribution in [1.82, 2.24) is 5.01 Å². The first-order valence-electron chi connectivity index (χ1n) is 10.1. The Morgan fingerprint density at radius 1 is 1.00 bits per heavy atom. The maximum Gasteiger partial charge on any atom is 0.285 e. The van der Waals surface area contributed by atoms with Gasteiger partial charge in [0.05, 0.1) is 23.3 Å². The van der Waals surface area contributed by atoms with Crippen molar-refractivity contribution < 1.29 is 8.42 Å². The molecule has 0 radical (unpaired) electrons. The van der Waals surface area contributed by atoms with Crippen LogP contribution < -0.4 is 17.2 Å². The van der Waals surface area contributed by atoms with Crippen molar-refractivity contribution in [2.45, 2.75) is 17.0 Å². The molecule has 0 aliphatic carbocycles. The Morgan fingerprint density at radius 2 is 1.64 bits per heavy atom. The lowest BCUT2D eigenvalue weighted by molar-refractivity contribution is 0.470. The number of benzene rings is 3. The van der Waals surface area contributed by atoms with Crippen LogP contribution in [0.2, 0.25) is 5.02 Å². The van der Waals surface area contributed by atoms with E-state index >= 15 is 0 Å². The van der Waals surface area contributed by atoms with Gasteiger partial charge in [-0.2, -0.15) is 13.5 Å². The van der Waals surface area contributed by atoms with Gasteiger partial charge in [-0.1, -0.05) is 66.2 Å². The summed E-state index contributed by atoms with van der Waals surface area (Å²) in [6, 6.07) is 23.0. The van der Waals surface area contributed by atoms with Crippen molar-refractivity contribution in [3.05, 3.63) is 101 Å². The van der Waals surface area contributed by atoms with Gasteiger partial charge in [-0.25, -0.2) is 5.01 Å². The van der Waals surface area contributed by atoms with Crippen molar-refractivity contribution in [2.24, 2.45) is 26.7 Å². The summed E-state index contributed by atoms with van der Waals surface area (Å²) >= 11 is 6.04. The van der Waals surface area contributed by atoms with Crippen LogP contribution in [0, 0.1) is 0 Å². The Kier molecular flexibility index (Phi) is 6.48. The molecular weight excluding hydrogens is 460 g/mol. The topological polar surface area (TPSA) is 140 Å². The first-order chi connectivity index (χ1) is 15.7. The van der Waals surface area contributed by atoms with Crippen molar-refractivity contribution >= 4 is 33.3 Å². The van der Waals surface area contributed by atoms with Crippen molar-refractivity contribution in [3.63, 3.8) is 0 Å². The maximum atomic E-state index is 12.8. The van der Waals surface area contributed by atoms with Crippen LogP contribution in [0.1, 0.15) is 28.8 Å². The summed E-state index contributed by atoms with van der Waals surface area (Å²) in [4.78, 5) is -0.0180. The second kappa shape index (κ2) is 9.32. The molecule has 0 saturated carbocycles. The minimum atomic E-state index is -4.06. The SMILES string of the molecule is NC(=NS(=O)(=O)c1ccc(C(N)N)cc1)N1CC(c2ccccc2)C(c2ccc(Cl)cc2)=N1. The summed E-state index contributed by atoms with van der Waals surface area (Å²) in [6.07, 6.45) is -0.699. The first kappa shape index (κ1) is 22.9. The molecule has 6 N–H and O–H groups in total. The highest BCUT2D eigenvalue weighted by Gasteiger charge is 2.31. The van der Waals surface area contributed by atoms with Gasteiger partial charge in [0.25, 0.3) is 10.0 Å². The Labute approximate surface area is 197 Å². The van der Waals surface area contributed by atoms with E-state index in [4.69, 9.17) is 28.8 Å². The number of nitrogens with zero attached hydrogens (tertiary/aromatic N) is 3. The van der Waals surface area contributed by atoms with Crippen molar-refractivity contribution in [1.29, 1.82) is 0 Å². The van der Waals surface area contributed by atoms with Gasteiger partial charge in [0.1, 0.15) is 0 Å². The quantitative estimate of drug-likeness (QED) is 0.290. The standard InChI is InChI=1S/C23H23ClN6O2S/c24-18-10-6-16(7-11-18)21-20(15-4-2-1-3-5-15)14-30(28-21)23(27)29-33(31,32)19-12-8-17(9-13-19)22(25)26/h1-13,20,22H,14,25-26H2,(H2,27,29). The van der Waals surface area contributed by atoms with Crippen LogP contribution in [0.15, 0.2) is 93.3 Å². The molecule has 8 nitrogen and oxygen atoms in total. The molecule has 1 aliphatic rings. The van der Waals surface area contributed by atoms with Gasteiger partial charge >= 0.3 is 0 Å². The molecule has 1 heterocycles. The smallest absolute Gasteiger partial charge is 0.285 e. The summed E-state index contributed by atoms with van der Waals surface area (Å²) in [5.41, 5.74) is 20.6. The summed E-state index contributed by atoms with van der Waals surface area (Å²) in [5, 5.41) is 6.63. The molecule has 0 saturated heterocycles. The Balaban J connectivity index is 1.67. The van der Waals surface area contributed by atoms with Crippen LogP contribution in [0.5, 0.6) is 0 Å². The predicted octanol–water partition coefficient (Wildman–Crippen LogP) is 2.76. The van der Waals surface area contributed by atoms with Crippen LogP contribution in [-0.2, 0) is 10.0 Å². The number of hydrogen-bond acceptors (Lipinski definition) is 5. The van der Waals surface area contributed by atoms with Gasteiger partial charge in [0.15, 0.2) is 0 Å². The molecular formula is C23H23ClN6O2S. The number of halogens is 1. The fourth-order valence-corrected chi connectivity index (χ4v) is 4.61.